The molecule has 1 aliphatic heterocycles. The Balaban J connectivity index is 2.29. The highest BCUT2D eigenvalue weighted by molar-refractivity contribution is 6.46. The summed E-state index contributed by atoms with van der Waals surface area (Å²) in [5, 5.41) is 0. The molecular formula is C8H18O3Si. The SMILES string of the molecule is CCC(CC1CO1)[SiH](OC)OC. The fraction of sp³-hybridized carbons (Fsp3) is 1.00. The maximum atomic E-state index is 5.34. The van der Waals surface area contributed by atoms with E-state index in [2.05, 4.69) is 6.92 Å². The van der Waals surface area contributed by atoms with Crippen LogP contribution in [0, 0.1) is 0 Å². The molecule has 0 spiro atoms. The van der Waals surface area contributed by atoms with E-state index in [0.717, 1.165) is 19.4 Å². The minimum absolute atomic E-state index is 0.496. The lowest BCUT2D eigenvalue weighted by atomic mass is 10.2. The van der Waals surface area contributed by atoms with Crippen molar-refractivity contribution in [2.45, 2.75) is 31.4 Å². The number of rotatable bonds is 6. The summed E-state index contributed by atoms with van der Waals surface area (Å²) in [5.74, 6) is 0. The minimum Gasteiger partial charge on any atom is -0.400 e. The molecule has 0 amide bonds. The normalized spacial score (nSPS) is 24.5. The molecule has 0 bridgehead atoms. The maximum Gasteiger partial charge on any atom is 0.324 e. The van der Waals surface area contributed by atoms with Crippen molar-refractivity contribution in [1.82, 2.24) is 0 Å². The van der Waals surface area contributed by atoms with Crippen LogP contribution in [-0.2, 0) is 13.6 Å². The van der Waals surface area contributed by atoms with Gasteiger partial charge in [0, 0.05) is 19.8 Å². The Hall–Kier alpha value is 0.0969. The van der Waals surface area contributed by atoms with Gasteiger partial charge in [-0.3, -0.25) is 0 Å². The van der Waals surface area contributed by atoms with E-state index in [0.29, 0.717) is 11.6 Å². The summed E-state index contributed by atoms with van der Waals surface area (Å²) in [4.78, 5) is 0. The van der Waals surface area contributed by atoms with E-state index >= 15 is 0 Å². The van der Waals surface area contributed by atoms with Gasteiger partial charge in [0.15, 0.2) is 0 Å². The van der Waals surface area contributed by atoms with Crippen LogP contribution >= 0.6 is 0 Å². The van der Waals surface area contributed by atoms with Crippen molar-refractivity contribution in [3.63, 3.8) is 0 Å². The average Bonchev–Trinajstić information content (AvgIpc) is 2.88. The second-order valence-corrected chi connectivity index (χ2v) is 5.82. The van der Waals surface area contributed by atoms with Gasteiger partial charge in [-0.1, -0.05) is 13.3 Å². The van der Waals surface area contributed by atoms with Gasteiger partial charge >= 0.3 is 9.28 Å². The number of hydrogen-bond donors (Lipinski definition) is 0. The van der Waals surface area contributed by atoms with Crippen molar-refractivity contribution in [2.24, 2.45) is 0 Å². The van der Waals surface area contributed by atoms with Crippen LogP contribution in [-0.4, -0.2) is 36.2 Å². The molecule has 1 heterocycles. The van der Waals surface area contributed by atoms with Crippen LogP contribution in [0.4, 0.5) is 0 Å². The topological polar surface area (TPSA) is 31.0 Å². The molecule has 0 aromatic carbocycles. The first-order chi connectivity index (χ1) is 5.81. The third-order valence-corrected chi connectivity index (χ3v) is 4.78. The lowest BCUT2D eigenvalue weighted by Gasteiger charge is -2.20. The second-order valence-electron chi connectivity index (χ2n) is 3.20. The van der Waals surface area contributed by atoms with Crippen LogP contribution in [0.1, 0.15) is 19.8 Å². The molecule has 3 nitrogen and oxygen atoms in total. The summed E-state index contributed by atoms with van der Waals surface area (Å²) in [6, 6.07) is 0. The zero-order valence-corrected chi connectivity index (χ0v) is 9.23. The van der Waals surface area contributed by atoms with Gasteiger partial charge in [0.05, 0.1) is 12.7 Å². The lowest BCUT2D eigenvalue weighted by Crippen LogP contribution is -2.26. The van der Waals surface area contributed by atoms with Crippen LogP contribution < -0.4 is 0 Å². The zero-order valence-electron chi connectivity index (χ0n) is 8.08. The Morgan fingerprint density at radius 3 is 2.42 bits per heavy atom. The molecule has 1 rings (SSSR count). The van der Waals surface area contributed by atoms with Gasteiger partial charge in [-0.2, -0.15) is 0 Å². The highest BCUT2D eigenvalue weighted by Crippen LogP contribution is 2.28. The predicted molar refractivity (Wildman–Crippen MR) is 49.6 cm³/mol. The average molecular weight is 190 g/mol. The summed E-state index contributed by atoms with van der Waals surface area (Å²) in [6.07, 6.45) is 2.75. The zero-order chi connectivity index (χ0) is 8.97. The number of ether oxygens (including phenoxy) is 1. The summed E-state index contributed by atoms with van der Waals surface area (Å²) >= 11 is 0. The molecule has 1 saturated heterocycles. The molecule has 2 atom stereocenters. The Labute approximate surface area is 75.9 Å². The van der Waals surface area contributed by atoms with Gasteiger partial charge in [-0.25, -0.2) is 0 Å². The standard InChI is InChI=1S/C8H18O3Si/c1-4-8(5-7-6-11-7)12(9-2)10-3/h7-8,12H,4-6H2,1-3H3. The Bertz CT molecular complexity index is 123. The molecule has 1 fully saturated rings. The van der Waals surface area contributed by atoms with E-state index in [4.69, 9.17) is 13.6 Å². The van der Waals surface area contributed by atoms with Gasteiger partial charge in [-0.15, -0.1) is 0 Å². The Kier molecular flexibility index (Phi) is 4.21. The highest BCUT2D eigenvalue weighted by Gasteiger charge is 2.31. The van der Waals surface area contributed by atoms with Crippen LogP contribution in [0.15, 0.2) is 0 Å². The van der Waals surface area contributed by atoms with Crippen LogP contribution in [0.2, 0.25) is 5.54 Å². The quantitative estimate of drug-likeness (QED) is 0.464. The van der Waals surface area contributed by atoms with Crippen molar-refractivity contribution >= 4 is 9.28 Å². The molecule has 2 unspecified atom stereocenters. The monoisotopic (exact) mass is 190 g/mol. The lowest BCUT2D eigenvalue weighted by molar-refractivity contribution is 0.256. The fourth-order valence-corrected chi connectivity index (χ4v) is 3.37. The van der Waals surface area contributed by atoms with E-state index in [1.807, 2.05) is 0 Å². The van der Waals surface area contributed by atoms with E-state index < -0.39 is 9.28 Å². The van der Waals surface area contributed by atoms with Crippen molar-refractivity contribution in [3.05, 3.63) is 0 Å². The molecule has 4 heteroatoms. The van der Waals surface area contributed by atoms with Gasteiger partial charge in [-0.05, 0) is 6.42 Å². The molecule has 0 aromatic heterocycles. The Morgan fingerprint density at radius 2 is 2.08 bits per heavy atom. The van der Waals surface area contributed by atoms with E-state index in [9.17, 15) is 0 Å². The summed E-state index contributed by atoms with van der Waals surface area (Å²) in [5.41, 5.74) is 0.604. The second kappa shape index (κ2) is 4.96. The molecule has 0 aliphatic carbocycles. The Morgan fingerprint density at radius 1 is 1.50 bits per heavy atom. The first-order valence-electron chi connectivity index (χ1n) is 4.49. The first kappa shape index (κ1) is 10.2. The minimum atomic E-state index is -1.40. The predicted octanol–water partition coefficient (Wildman–Crippen LogP) is 1.07. The summed E-state index contributed by atoms with van der Waals surface area (Å²) < 4.78 is 15.9. The molecule has 72 valence electrons. The largest absolute Gasteiger partial charge is 0.400 e. The van der Waals surface area contributed by atoms with Gasteiger partial charge in [0.1, 0.15) is 0 Å². The first-order valence-corrected chi connectivity index (χ1v) is 6.10. The molecule has 0 saturated carbocycles. The van der Waals surface area contributed by atoms with E-state index in [-0.39, 0.29) is 0 Å². The van der Waals surface area contributed by atoms with Crippen molar-refractivity contribution in [1.29, 1.82) is 0 Å². The molecule has 0 N–H and O–H groups in total. The van der Waals surface area contributed by atoms with Crippen molar-refractivity contribution < 1.29 is 13.6 Å². The third-order valence-electron chi connectivity index (χ3n) is 2.34. The van der Waals surface area contributed by atoms with Crippen LogP contribution in [0.3, 0.4) is 0 Å². The van der Waals surface area contributed by atoms with Crippen molar-refractivity contribution in [3.8, 4) is 0 Å². The highest BCUT2D eigenvalue weighted by atomic mass is 28.3. The molecule has 1 aliphatic rings. The summed E-state index contributed by atoms with van der Waals surface area (Å²) in [7, 11) is 2.09. The summed E-state index contributed by atoms with van der Waals surface area (Å²) in [6.45, 7) is 3.12. The molecule has 0 aromatic rings. The number of hydrogen-bond acceptors (Lipinski definition) is 3. The van der Waals surface area contributed by atoms with Gasteiger partial charge in [0.25, 0.3) is 0 Å². The molecule has 0 radical (unpaired) electrons. The number of epoxide rings is 1. The molecular weight excluding hydrogens is 172 g/mol. The maximum absolute atomic E-state index is 5.34. The van der Waals surface area contributed by atoms with Gasteiger partial charge in [0.2, 0.25) is 0 Å². The third kappa shape index (κ3) is 2.86. The van der Waals surface area contributed by atoms with Crippen LogP contribution in [0.25, 0.3) is 0 Å². The van der Waals surface area contributed by atoms with Gasteiger partial charge < -0.3 is 13.6 Å². The molecule has 12 heavy (non-hydrogen) atoms. The fourth-order valence-electron chi connectivity index (χ4n) is 1.49. The van der Waals surface area contributed by atoms with Crippen molar-refractivity contribution in [2.75, 3.05) is 20.8 Å². The van der Waals surface area contributed by atoms with E-state index in [1.54, 1.807) is 14.2 Å². The smallest absolute Gasteiger partial charge is 0.324 e. The van der Waals surface area contributed by atoms with Crippen LogP contribution in [0.5, 0.6) is 0 Å². The van der Waals surface area contributed by atoms with E-state index in [1.165, 1.54) is 0 Å².